The lowest BCUT2D eigenvalue weighted by Crippen LogP contribution is -2.26. The molecular formula is C60H37N3S. The molecule has 0 fully saturated rings. The van der Waals surface area contributed by atoms with E-state index in [1.165, 1.54) is 87.6 Å². The molecule has 11 aromatic rings. The predicted octanol–water partition coefficient (Wildman–Crippen LogP) is 15.5. The number of thioether (sulfide) groups is 1. The maximum atomic E-state index is 5.15. The number of nitrogens with zero attached hydrogens (tertiary/aromatic N) is 2. The molecule has 3 aliphatic rings. The molecule has 2 heterocycles. The Hall–Kier alpha value is -7.79. The van der Waals surface area contributed by atoms with Gasteiger partial charge in [-0.15, -0.1) is 0 Å². The lowest BCUT2D eigenvalue weighted by Gasteiger charge is -2.31. The van der Waals surface area contributed by atoms with Crippen molar-refractivity contribution in [2.75, 3.05) is 5.32 Å². The van der Waals surface area contributed by atoms with Gasteiger partial charge in [-0.05, 0) is 107 Å². The standard InChI is InChI=1S/C60H37N3S/c1-3-13-36(14-4-1)53-35-54(37-15-5-2-6-16-37)62-58(61-53)42-25-28-44-41(31-42)24-23-38-27-30-55-57(56(38)44)63-59(64-55)43-26-29-47-45-19-9-11-21-49(45)60(51(47)34-43)50-22-12-10-20-46(50)48-32-39-17-7-8-18-40(39)33-52(48)60/h1-35,59,63H. The average molecular weight is 832 g/mol. The van der Waals surface area contributed by atoms with Crippen LogP contribution in [0.5, 0.6) is 0 Å². The van der Waals surface area contributed by atoms with Crippen LogP contribution in [0.1, 0.15) is 33.2 Å². The van der Waals surface area contributed by atoms with Crippen LogP contribution >= 0.6 is 11.8 Å². The van der Waals surface area contributed by atoms with Crippen molar-refractivity contribution in [3.05, 3.63) is 240 Å². The van der Waals surface area contributed by atoms with E-state index in [1.807, 2.05) is 23.9 Å². The molecule has 1 aliphatic heterocycles. The summed E-state index contributed by atoms with van der Waals surface area (Å²) in [6, 6.07) is 77.8. The quantitative estimate of drug-likeness (QED) is 0.179. The molecule has 1 spiro atoms. The van der Waals surface area contributed by atoms with E-state index in [9.17, 15) is 0 Å². The molecule has 14 rings (SSSR count). The zero-order chi connectivity index (χ0) is 41.9. The summed E-state index contributed by atoms with van der Waals surface area (Å²) >= 11 is 1.91. The van der Waals surface area contributed by atoms with E-state index in [1.54, 1.807) is 0 Å². The van der Waals surface area contributed by atoms with Crippen molar-refractivity contribution in [1.29, 1.82) is 0 Å². The highest BCUT2D eigenvalue weighted by Gasteiger charge is 2.52. The van der Waals surface area contributed by atoms with Crippen molar-refractivity contribution in [1.82, 2.24) is 9.97 Å². The minimum Gasteiger partial charge on any atom is -0.368 e. The lowest BCUT2D eigenvalue weighted by molar-refractivity contribution is 0.792. The van der Waals surface area contributed by atoms with Crippen molar-refractivity contribution in [2.24, 2.45) is 0 Å². The molecule has 10 aromatic carbocycles. The van der Waals surface area contributed by atoms with E-state index in [0.717, 1.165) is 33.5 Å². The monoisotopic (exact) mass is 831 g/mol. The first-order valence-corrected chi connectivity index (χ1v) is 22.9. The van der Waals surface area contributed by atoms with Gasteiger partial charge in [0.1, 0.15) is 5.37 Å². The summed E-state index contributed by atoms with van der Waals surface area (Å²) in [6.07, 6.45) is 0. The van der Waals surface area contributed by atoms with Crippen molar-refractivity contribution >= 4 is 49.8 Å². The van der Waals surface area contributed by atoms with Crippen LogP contribution in [0, 0.1) is 0 Å². The molecule has 0 amide bonds. The Balaban J connectivity index is 0.884. The van der Waals surface area contributed by atoms with Crippen LogP contribution in [0.25, 0.3) is 88.5 Å². The van der Waals surface area contributed by atoms with E-state index < -0.39 is 5.41 Å². The molecule has 1 N–H and O–H groups in total. The number of hydrogen-bond acceptors (Lipinski definition) is 4. The highest BCUT2D eigenvalue weighted by atomic mass is 32.2. The first-order valence-electron chi connectivity index (χ1n) is 22.0. The second-order valence-corrected chi connectivity index (χ2v) is 18.4. The Kier molecular flexibility index (Phi) is 7.60. The molecule has 3 nitrogen and oxygen atoms in total. The number of hydrogen-bond donors (Lipinski definition) is 1. The Bertz CT molecular complexity index is 3690. The Morgan fingerprint density at radius 1 is 0.406 bits per heavy atom. The third-order valence-electron chi connectivity index (χ3n) is 13.9. The topological polar surface area (TPSA) is 37.8 Å². The summed E-state index contributed by atoms with van der Waals surface area (Å²) in [5.41, 5.74) is 17.8. The van der Waals surface area contributed by atoms with Crippen LogP contribution in [-0.2, 0) is 5.41 Å². The zero-order valence-electron chi connectivity index (χ0n) is 34.6. The molecule has 64 heavy (non-hydrogen) atoms. The van der Waals surface area contributed by atoms with Gasteiger partial charge >= 0.3 is 0 Å². The van der Waals surface area contributed by atoms with Gasteiger partial charge in [-0.1, -0.05) is 194 Å². The number of benzene rings is 10. The first kappa shape index (κ1) is 35.8. The highest BCUT2D eigenvalue weighted by molar-refractivity contribution is 8.00. The first-order chi connectivity index (χ1) is 31.7. The molecule has 4 heteroatoms. The molecule has 0 bridgehead atoms. The number of nitrogens with one attached hydrogen (secondary N) is 1. The van der Waals surface area contributed by atoms with Crippen molar-refractivity contribution in [3.63, 3.8) is 0 Å². The van der Waals surface area contributed by atoms with Gasteiger partial charge in [0, 0.05) is 27.0 Å². The Morgan fingerprint density at radius 3 is 1.73 bits per heavy atom. The minimum atomic E-state index is -0.416. The molecule has 0 saturated carbocycles. The average Bonchev–Trinajstić information content (AvgIpc) is 4.03. The smallest absolute Gasteiger partial charge is 0.160 e. The summed E-state index contributed by atoms with van der Waals surface area (Å²) in [5.74, 6) is 0.714. The minimum absolute atomic E-state index is 0.0412. The van der Waals surface area contributed by atoms with Gasteiger partial charge in [-0.3, -0.25) is 0 Å². The van der Waals surface area contributed by atoms with Gasteiger partial charge in [-0.2, -0.15) is 0 Å². The van der Waals surface area contributed by atoms with E-state index in [-0.39, 0.29) is 5.37 Å². The summed E-state index contributed by atoms with van der Waals surface area (Å²) in [5, 5.41) is 11.5. The van der Waals surface area contributed by atoms with Crippen LogP contribution in [0.2, 0.25) is 0 Å². The highest BCUT2D eigenvalue weighted by Crippen LogP contribution is 2.64. The van der Waals surface area contributed by atoms with Crippen LogP contribution in [-0.4, -0.2) is 9.97 Å². The van der Waals surface area contributed by atoms with Crippen LogP contribution in [0.4, 0.5) is 5.69 Å². The number of aromatic nitrogens is 2. The van der Waals surface area contributed by atoms with Crippen molar-refractivity contribution in [3.8, 4) is 56.2 Å². The van der Waals surface area contributed by atoms with E-state index in [2.05, 4.69) is 206 Å². The molecule has 2 aliphatic carbocycles. The van der Waals surface area contributed by atoms with Crippen molar-refractivity contribution < 1.29 is 0 Å². The summed E-state index contributed by atoms with van der Waals surface area (Å²) in [4.78, 5) is 11.6. The molecule has 298 valence electrons. The van der Waals surface area contributed by atoms with Gasteiger partial charge in [0.25, 0.3) is 0 Å². The van der Waals surface area contributed by atoms with E-state index >= 15 is 0 Å². The Labute approximate surface area is 375 Å². The number of fused-ring (bicyclic) bond motifs is 16. The summed E-state index contributed by atoms with van der Waals surface area (Å²) in [7, 11) is 0. The molecule has 1 aromatic heterocycles. The van der Waals surface area contributed by atoms with Crippen LogP contribution < -0.4 is 5.32 Å². The summed E-state index contributed by atoms with van der Waals surface area (Å²) < 4.78 is 0. The Morgan fingerprint density at radius 2 is 1.00 bits per heavy atom. The molecule has 2 unspecified atom stereocenters. The van der Waals surface area contributed by atoms with Crippen LogP contribution in [0.15, 0.2) is 217 Å². The summed E-state index contributed by atoms with van der Waals surface area (Å²) in [6.45, 7) is 0. The number of anilines is 1. The fourth-order valence-corrected chi connectivity index (χ4v) is 12.2. The fraction of sp³-hybridized carbons (Fsp3) is 0.0333. The maximum Gasteiger partial charge on any atom is 0.160 e. The molecule has 0 radical (unpaired) electrons. The predicted molar refractivity (Wildman–Crippen MR) is 266 cm³/mol. The van der Waals surface area contributed by atoms with Gasteiger partial charge in [0.05, 0.1) is 22.5 Å². The lowest BCUT2D eigenvalue weighted by atomic mass is 9.70. The second kappa shape index (κ2) is 13.6. The molecular weight excluding hydrogens is 795 g/mol. The van der Waals surface area contributed by atoms with Gasteiger partial charge in [-0.25, -0.2) is 9.97 Å². The number of rotatable bonds is 4. The largest absolute Gasteiger partial charge is 0.368 e. The van der Waals surface area contributed by atoms with Gasteiger partial charge < -0.3 is 5.32 Å². The van der Waals surface area contributed by atoms with E-state index in [4.69, 9.17) is 9.97 Å². The maximum absolute atomic E-state index is 5.15. The third kappa shape index (κ3) is 5.12. The third-order valence-corrected chi connectivity index (χ3v) is 15.1. The van der Waals surface area contributed by atoms with Gasteiger partial charge in [0.2, 0.25) is 0 Å². The molecule has 0 saturated heterocycles. The van der Waals surface area contributed by atoms with Crippen molar-refractivity contribution in [2.45, 2.75) is 15.7 Å². The molecule has 2 atom stereocenters. The van der Waals surface area contributed by atoms with Crippen LogP contribution in [0.3, 0.4) is 0 Å². The SMILES string of the molecule is c1ccc(-c2cc(-c3ccccc3)nc(-c3ccc4c(ccc5ccc6c(c54)NC(c4ccc5c(c4)C4(c7ccccc7-5)c5ccccc5-c5cc7ccccc7cc54)S6)c3)n2)cc1. The van der Waals surface area contributed by atoms with Gasteiger partial charge in [0.15, 0.2) is 5.82 Å². The zero-order valence-corrected chi connectivity index (χ0v) is 35.4. The normalized spacial score (nSPS) is 16.4. The van der Waals surface area contributed by atoms with E-state index in [0.29, 0.717) is 5.82 Å². The second-order valence-electron chi connectivity index (χ2n) is 17.3. The fourth-order valence-electron chi connectivity index (χ4n) is 11.0.